The molecule has 184 valence electrons. The zero-order chi connectivity index (χ0) is 25.3. The standard InChI is InChI=1S/C23H24ClN5O5S/c1-28(2)21(27-35(3,32)33)14-4-7-16(8-5-14)29-13-17(34-23(29)31)11-26-22(30)15-6-9-18-19(24)12-25-20(18)10-15/h4-10,12,17,25H,11,13H2,1-3H3,(H,26,30). The number of amides is 2. The van der Waals surface area contributed by atoms with Gasteiger partial charge in [-0.15, -0.1) is 4.40 Å². The van der Waals surface area contributed by atoms with E-state index in [1.165, 1.54) is 4.90 Å². The third kappa shape index (κ3) is 5.57. The maximum Gasteiger partial charge on any atom is 0.414 e. The molecule has 1 fully saturated rings. The fourth-order valence-electron chi connectivity index (χ4n) is 3.72. The van der Waals surface area contributed by atoms with Crippen molar-refractivity contribution in [1.29, 1.82) is 0 Å². The van der Waals surface area contributed by atoms with Gasteiger partial charge in [0.25, 0.3) is 15.9 Å². The monoisotopic (exact) mass is 517 g/mol. The molecule has 0 saturated carbocycles. The number of ether oxygens (including phenoxy) is 1. The summed E-state index contributed by atoms with van der Waals surface area (Å²) in [5.74, 6) is -0.0127. The molecule has 4 rings (SSSR count). The summed E-state index contributed by atoms with van der Waals surface area (Å²) in [6.07, 6.45) is 1.63. The van der Waals surface area contributed by atoms with Crippen molar-refractivity contribution in [1.82, 2.24) is 15.2 Å². The van der Waals surface area contributed by atoms with E-state index in [1.807, 2.05) is 0 Å². The lowest BCUT2D eigenvalue weighted by Crippen LogP contribution is -2.34. The molecule has 12 heteroatoms. The van der Waals surface area contributed by atoms with Gasteiger partial charge in [-0.25, -0.2) is 13.2 Å². The molecule has 1 aliphatic heterocycles. The van der Waals surface area contributed by atoms with E-state index in [4.69, 9.17) is 16.3 Å². The summed E-state index contributed by atoms with van der Waals surface area (Å²) < 4.78 is 32.4. The van der Waals surface area contributed by atoms with Crippen LogP contribution in [0.1, 0.15) is 15.9 Å². The Morgan fingerprint density at radius 3 is 2.57 bits per heavy atom. The van der Waals surface area contributed by atoms with Crippen LogP contribution in [-0.4, -0.2) is 75.7 Å². The molecule has 2 aromatic carbocycles. The third-order valence-corrected chi connectivity index (χ3v) is 6.19. The number of carbonyl (C=O) groups excluding carboxylic acids is 2. The highest BCUT2D eigenvalue weighted by atomic mass is 35.5. The summed E-state index contributed by atoms with van der Waals surface area (Å²) in [5, 5.41) is 4.21. The average Bonchev–Trinajstić information content (AvgIpc) is 3.37. The van der Waals surface area contributed by atoms with Gasteiger partial charge in [-0.2, -0.15) is 0 Å². The molecule has 35 heavy (non-hydrogen) atoms. The SMILES string of the molecule is CN(C)C(=NS(C)(=O)=O)c1ccc(N2CC(CNC(=O)c3ccc4c(Cl)c[nH]c4c3)OC2=O)cc1. The second-order valence-electron chi connectivity index (χ2n) is 8.31. The quantitative estimate of drug-likeness (QED) is 0.383. The van der Waals surface area contributed by atoms with E-state index < -0.39 is 22.2 Å². The number of amidine groups is 1. The number of anilines is 1. The number of rotatable bonds is 6. The molecular formula is C23H24ClN5O5S. The highest BCUT2D eigenvalue weighted by Crippen LogP contribution is 2.24. The molecule has 0 aliphatic carbocycles. The van der Waals surface area contributed by atoms with Gasteiger partial charge in [0.05, 0.1) is 24.4 Å². The highest BCUT2D eigenvalue weighted by molar-refractivity contribution is 7.89. The summed E-state index contributed by atoms with van der Waals surface area (Å²) >= 11 is 6.08. The van der Waals surface area contributed by atoms with E-state index in [0.29, 0.717) is 21.8 Å². The van der Waals surface area contributed by atoms with Gasteiger partial charge >= 0.3 is 6.09 Å². The third-order valence-electron chi connectivity index (χ3n) is 5.37. The second-order valence-corrected chi connectivity index (χ2v) is 10.4. The first kappa shape index (κ1) is 24.6. The summed E-state index contributed by atoms with van der Waals surface area (Å²) in [6.45, 7) is 0.399. The molecule has 2 N–H and O–H groups in total. The van der Waals surface area contributed by atoms with Gasteiger partial charge < -0.3 is 19.9 Å². The van der Waals surface area contributed by atoms with Crippen molar-refractivity contribution in [2.75, 3.05) is 38.3 Å². The number of nitrogens with zero attached hydrogens (tertiary/aromatic N) is 3. The summed E-state index contributed by atoms with van der Waals surface area (Å²) in [5.41, 5.74) is 2.38. The first-order valence-corrected chi connectivity index (χ1v) is 12.8. The van der Waals surface area contributed by atoms with Crippen LogP contribution in [0.3, 0.4) is 0 Å². The Morgan fingerprint density at radius 1 is 1.23 bits per heavy atom. The normalized spacial score (nSPS) is 16.5. The fraction of sp³-hybridized carbons (Fsp3) is 0.261. The van der Waals surface area contributed by atoms with E-state index >= 15 is 0 Å². The first-order chi connectivity index (χ1) is 16.5. The van der Waals surface area contributed by atoms with Crippen molar-refractivity contribution >= 4 is 56.1 Å². The van der Waals surface area contributed by atoms with Crippen LogP contribution in [0.15, 0.2) is 53.1 Å². The molecule has 1 aliphatic rings. The molecule has 2 heterocycles. The largest absolute Gasteiger partial charge is 0.442 e. The highest BCUT2D eigenvalue weighted by Gasteiger charge is 2.32. The Kier molecular flexibility index (Phi) is 6.73. The predicted molar refractivity (Wildman–Crippen MR) is 135 cm³/mol. The zero-order valence-electron chi connectivity index (χ0n) is 19.3. The lowest BCUT2D eigenvalue weighted by molar-refractivity contribution is 0.0916. The topological polar surface area (TPSA) is 124 Å². The Bertz CT molecular complexity index is 1420. The molecule has 1 atom stereocenters. The van der Waals surface area contributed by atoms with E-state index in [2.05, 4.69) is 14.7 Å². The van der Waals surface area contributed by atoms with Crippen LogP contribution in [0, 0.1) is 0 Å². The molecule has 0 bridgehead atoms. The summed E-state index contributed by atoms with van der Waals surface area (Å²) in [6, 6.07) is 11.9. The Morgan fingerprint density at radius 2 is 1.91 bits per heavy atom. The number of cyclic esters (lactones) is 1. The van der Waals surface area contributed by atoms with Crippen molar-refractivity contribution in [2.24, 2.45) is 4.40 Å². The first-order valence-electron chi connectivity index (χ1n) is 10.6. The molecule has 1 aromatic heterocycles. The van der Waals surface area contributed by atoms with Crippen LogP contribution in [-0.2, 0) is 14.8 Å². The van der Waals surface area contributed by atoms with Crippen molar-refractivity contribution in [2.45, 2.75) is 6.10 Å². The van der Waals surface area contributed by atoms with Gasteiger partial charge in [0.15, 0.2) is 0 Å². The maximum atomic E-state index is 12.6. The van der Waals surface area contributed by atoms with E-state index in [1.54, 1.807) is 67.7 Å². The molecule has 3 aromatic rings. The van der Waals surface area contributed by atoms with Crippen molar-refractivity contribution in [3.05, 3.63) is 64.8 Å². The number of aromatic nitrogens is 1. The van der Waals surface area contributed by atoms with Gasteiger partial charge in [0, 0.05) is 48.0 Å². The Balaban J connectivity index is 1.40. The lowest BCUT2D eigenvalue weighted by Gasteiger charge is -2.17. The number of sulfonamides is 1. The van der Waals surface area contributed by atoms with Crippen molar-refractivity contribution < 1.29 is 22.7 Å². The van der Waals surface area contributed by atoms with Gasteiger partial charge in [0.2, 0.25) is 0 Å². The number of H-pyrrole nitrogens is 1. The van der Waals surface area contributed by atoms with E-state index in [-0.39, 0.29) is 24.8 Å². The number of benzene rings is 2. The molecule has 2 amide bonds. The minimum atomic E-state index is -3.58. The minimum absolute atomic E-state index is 0.147. The lowest BCUT2D eigenvalue weighted by atomic mass is 10.1. The fourth-order valence-corrected chi connectivity index (χ4v) is 4.52. The van der Waals surface area contributed by atoms with Crippen molar-refractivity contribution in [3.63, 3.8) is 0 Å². The van der Waals surface area contributed by atoms with Crippen LogP contribution in [0.4, 0.5) is 10.5 Å². The van der Waals surface area contributed by atoms with E-state index in [9.17, 15) is 18.0 Å². The number of aromatic amines is 1. The van der Waals surface area contributed by atoms with Crippen LogP contribution in [0.2, 0.25) is 5.02 Å². The Hall–Kier alpha value is -3.57. The minimum Gasteiger partial charge on any atom is -0.442 e. The average molecular weight is 518 g/mol. The molecular weight excluding hydrogens is 494 g/mol. The number of nitrogens with one attached hydrogen (secondary N) is 2. The molecule has 10 nitrogen and oxygen atoms in total. The Labute approximate surface area is 207 Å². The number of fused-ring (bicyclic) bond motifs is 1. The van der Waals surface area contributed by atoms with E-state index in [0.717, 1.165) is 17.2 Å². The maximum absolute atomic E-state index is 12.6. The number of hydrogen-bond acceptors (Lipinski definition) is 5. The zero-order valence-corrected chi connectivity index (χ0v) is 20.9. The number of halogens is 1. The van der Waals surface area contributed by atoms with Crippen LogP contribution >= 0.6 is 11.6 Å². The number of hydrogen-bond donors (Lipinski definition) is 2. The van der Waals surface area contributed by atoms with Gasteiger partial charge in [-0.05, 0) is 36.4 Å². The number of carbonyl (C=O) groups is 2. The second kappa shape index (κ2) is 9.59. The molecule has 1 unspecified atom stereocenters. The van der Waals surface area contributed by atoms with Gasteiger partial charge in [0.1, 0.15) is 11.9 Å². The summed E-state index contributed by atoms with van der Waals surface area (Å²) in [7, 11) is -0.193. The summed E-state index contributed by atoms with van der Waals surface area (Å²) in [4.78, 5) is 31.1. The molecule has 1 saturated heterocycles. The molecule has 0 radical (unpaired) electrons. The van der Waals surface area contributed by atoms with Gasteiger partial charge in [-0.3, -0.25) is 9.69 Å². The van der Waals surface area contributed by atoms with Crippen LogP contribution in [0.5, 0.6) is 0 Å². The van der Waals surface area contributed by atoms with Gasteiger partial charge in [-0.1, -0.05) is 17.7 Å². The molecule has 0 spiro atoms. The smallest absolute Gasteiger partial charge is 0.414 e. The van der Waals surface area contributed by atoms with Crippen molar-refractivity contribution in [3.8, 4) is 0 Å². The van der Waals surface area contributed by atoms with Crippen LogP contribution in [0.25, 0.3) is 10.9 Å². The van der Waals surface area contributed by atoms with Crippen LogP contribution < -0.4 is 10.2 Å². The predicted octanol–water partition coefficient (Wildman–Crippen LogP) is 2.84.